The molecule has 10 heavy (non-hydrogen) atoms. The zero-order valence-corrected chi connectivity index (χ0v) is 6.15. The second-order valence-corrected chi connectivity index (χ2v) is 3.60. The molecule has 0 unspecified atom stereocenters. The van der Waals surface area contributed by atoms with Crippen LogP contribution in [0.25, 0.3) is 0 Å². The van der Waals surface area contributed by atoms with Crippen molar-refractivity contribution in [3.05, 3.63) is 12.2 Å². The third-order valence-electron chi connectivity index (χ3n) is 2.84. The molecule has 54 valence electrons. The molecule has 0 aromatic heterocycles. The highest BCUT2D eigenvalue weighted by atomic mass is 16.1. The van der Waals surface area contributed by atoms with Gasteiger partial charge >= 0.3 is 0 Å². The van der Waals surface area contributed by atoms with Crippen molar-refractivity contribution in [3.8, 4) is 0 Å². The van der Waals surface area contributed by atoms with Gasteiger partial charge in [0.1, 0.15) is 5.78 Å². The number of hydrogen-bond acceptors (Lipinski definition) is 1. The van der Waals surface area contributed by atoms with Crippen LogP contribution < -0.4 is 0 Å². The van der Waals surface area contributed by atoms with Gasteiger partial charge in [0.15, 0.2) is 0 Å². The summed E-state index contributed by atoms with van der Waals surface area (Å²) in [6, 6.07) is 0. The van der Waals surface area contributed by atoms with Gasteiger partial charge in [-0.25, -0.2) is 0 Å². The van der Waals surface area contributed by atoms with E-state index in [4.69, 9.17) is 0 Å². The van der Waals surface area contributed by atoms with Gasteiger partial charge in [0.05, 0.1) is 0 Å². The van der Waals surface area contributed by atoms with Crippen LogP contribution in [-0.2, 0) is 4.79 Å². The standard InChI is InChI=1S/C9H12O/c1-7-2-3-8(10)6-9(7)4-5-9/h1-6H2. The molecule has 2 aliphatic carbocycles. The van der Waals surface area contributed by atoms with Gasteiger partial charge in [0.25, 0.3) is 0 Å². The van der Waals surface area contributed by atoms with Crippen LogP contribution in [0, 0.1) is 5.41 Å². The van der Waals surface area contributed by atoms with Gasteiger partial charge in [-0.05, 0) is 24.7 Å². The second kappa shape index (κ2) is 1.71. The van der Waals surface area contributed by atoms with E-state index in [0.29, 0.717) is 11.2 Å². The predicted octanol–water partition coefficient (Wildman–Crippen LogP) is 2.08. The number of ketones is 1. The molecule has 0 amide bonds. The van der Waals surface area contributed by atoms with Crippen LogP contribution in [-0.4, -0.2) is 5.78 Å². The Morgan fingerprint density at radius 1 is 1.30 bits per heavy atom. The highest BCUT2D eigenvalue weighted by Crippen LogP contribution is 2.57. The number of allylic oxidation sites excluding steroid dienone is 1. The average Bonchev–Trinajstić information content (AvgIpc) is 2.62. The zero-order chi connectivity index (χ0) is 7.19. The molecule has 0 radical (unpaired) electrons. The maximum atomic E-state index is 11.0. The van der Waals surface area contributed by atoms with E-state index in [1.54, 1.807) is 0 Å². The fraction of sp³-hybridized carbons (Fsp3) is 0.667. The summed E-state index contributed by atoms with van der Waals surface area (Å²) < 4.78 is 0. The van der Waals surface area contributed by atoms with Crippen molar-refractivity contribution in [1.82, 2.24) is 0 Å². The van der Waals surface area contributed by atoms with Crippen LogP contribution in [0.4, 0.5) is 0 Å². The van der Waals surface area contributed by atoms with Crippen molar-refractivity contribution in [2.45, 2.75) is 32.1 Å². The molecular weight excluding hydrogens is 124 g/mol. The van der Waals surface area contributed by atoms with Gasteiger partial charge in [-0.2, -0.15) is 0 Å². The highest BCUT2D eigenvalue weighted by Gasteiger charge is 2.48. The van der Waals surface area contributed by atoms with Crippen LogP contribution in [0.2, 0.25) is 0 Å². The molecule has 2 fully saturated rings. The van der Waals surface area contributed by atoms with Crippen molar-refractivity contribution in [3.63, 3.8) is 0 Å². The normalized spacial score (nSPS) is 29.2. The summed E-state index contributed by atoms with van der Waals surface area (Å²) in [4.78, 5) is 11.0. The Labute approximate surface area is 61.1 Å². The van der Waals surface area contributed by atoms with E-state index >= 15 is 0 Å². The van der Waals surface area contributed by atoms with Crippen molar-refractivity contribution >= 4 is 5.78 Å². The molecule has 2 rings (SSSR count). The lowest BCUT2D eigenvalue weighted by atomic mass is 9.82. The van der Waals surface area contributed by atoms with Gasteiger partial charge in [-0.3, -0.25) is 4.79 Å². The van der Waals surface area contributed by atoms with Gasteiger partial charge in [0, 0.05) is 12.8 Å². The lowest BCUT2D eigenvalue weighted by Gasteiger charge is -2.22. The first kappa shape index (κ1) is 6.14. The maximum Gasteiger partial charge on any atom is 0.134 e. The van der Waals surface area contributed by atoms with E-state index in [-0.39, 0.29) is 0 Å². The molecule has 2 saturated carbocycles. The van der Waals surface area contributed by atoms with Crippen molar-refractivity contribution in [1.29, 1.82) is 0 Å². The number of carbonyl (C=O) groups is 1. The molecule has 2 aliphatic rings. The molecule has 0 atom stereocenters. The summed E-state index contributed by atoms with van der Waals surface area (Å²) in [6.45, 7) is 4.01. The zero-order valence-electron chi connectivity index (χ0n) is 6.15. The van der Waals surface area contributed by atoms with E-state index in [0.717, 1.165) is 19.3 Å². The molecule has 0 bridgehead atoms. The Bertz CT molecular complexity index is 199. The first-order valence-electron chi connectivity index (χ1n) is 3.93. The Morgan fingerprint density at radius 2 is 2.00 bits per heavy atom. The summed E-state index contributed by atoms with van der Waals surface area (Å²) in [7, 11) is 0. The smallest absolute Gasteiger partial charge is 0.134 e. The largest absolute Gasteiger partial charge is 0.300 e. The van der Waals surface area contributed by atoms with Crippen LogP contribution in [0.15, 0.2) is 12.2 Å². The van der Waals surface area contributed by atoms with Crippen molar-refractivity contribution in [2.24, 2.45) is 5.41 Å². The third-order valence-corrected chi connectivity index (χ3v) is 2.84. The molecule has 0 saturated heterocycles. The van der Waals surface area contributed by atoms with E-state index in [2.05, 4.69) is 6.58 Å². The van der Waals surface area contributed by atoms with E-state index in [1.165, 1.54) is 18.4 Å². The Kier molecular flexibility index (Phi) is 1.05. The molecule has 0 aromatic carbocycles. The molecule has 1 spiro atoms. The molecule has 0 heterocycles. The molecular formula is C9H12O. The number of Topliss-reactive ketones (excluding diaryl/α,β-unsaturated/α-hetero) is 1. The molecule has 1 heteroatoms. The quantitative estimate of drug-likeness (QED) is 0.466. The predicted molar refractivity (Wildman–Crippen MR) is 39.7 cm³/mol. The summed E-state index contributed by atoms with van der Waals surface area (Å²) in [5, 5.41) is 0. The lowest BCUT2D eigenvalue weighted by molar-refractivity contribution is -0.120. The van der Waals surface area contributed by atoms with Gasteiger partial charge in [-0.15, -0.1) is 0 Å². The van der Waals surface area contributed by atoms with Gasteiger partial charge < -0.3 is 0 Å². The fourth-order valence-corrected chi connectivity index (χ4v) is 1.83. The third kappa shape index (κ3) is 0.731. The van der Waals surface area contributed by atoms with Crippen LogP contribution in [0.5, 0.6) is 0 Å². The maximum absolute atomic E-state index is 11.0. The Morgan fingerprint density at radius 3 is 2.50 bits per heavy atom. The van der Waals surface area contributed by atoms with Crippen molar-refractivity contribution in [2.75, 3.05) is 0 Å². The van der Waals surface area contributed by atoms with Crippen LogP contribution >= 0.6 is 0 Å². The summed E-state index contributed by atoms with van der Waals surface area (Å²) in [5.41, 5.74) is 1.65. The summed E-state index contributed by atoms with van der Waals surface area (Å²) >= 11 is 0. The average molecular weight is 136 g/mol. The minimum Gasteiger partial charge on any atom is -0.300 e. The molecule has 0 aliphatic heterocycles. The lowest BCUT2D eigenvalue weighted by Crippen LogP contribution is -2.17. The SMILES string of the molecule is C=C1CCC(=O)CC12CC2. The van der Waals surface area contributed by atoms with E-state index < -0.39 is 0 Å². The highest BCUT2D eigenvalue weighted by molar-refractivity contribution is 5.81. The van der Waals surface area contributed by atoms with Crippen LogP contribution in [0.3, 0.4) is 0 Å². The first-order chi connectivity index (χ1) is 4.73. The molecule has 0 N–H and O–H groups in total. The number of rotatable bonds is 0. The molecule has 0 aromatic rings. The topological polar surface area (TPSA) is 17.1 Å². The van der Waals surface area contributed by atoms with E-state index in [9.17, 15) is 4.79 Å². The first-order valence-corrected chi connectivity index (χ1v) is 3.93. The minimum atomic E-state index is 0.315. The Hall–Kier alpha value is -0.590. The molecule has 1 nitrogen and oxygen atoms in total. The second-order valence-electron chi connectivity index (χ2n) is 3.60. The number of carbonyl (C=O) groups excluding carboxylic acids is 1. The van der Waals surface area contributed by atoms with Crippen LogP contribution in [0.1, 0.15) is 32.1 Å². The van der Waals surface area contributed by atoms with Gasteiger partial charge in [-0.1, -0.05) is 12.2 Å². The Balaban J connectivity index is 2.17. The number of hydrogen-bond donors (Lipinski definition) is 0. The van der Waals surface area contributed by atoms with E-state index in [1.807, 2.05) is 0 Å². The summed E-state index contributed by atoms with van der Waals surface area (Å²) in [5.74, 6) is 0.449. The monoisotopic (exact) mass is 136 g/mol. The van der Waals surface area contributed by atoms with Crippen molar-refractivity contribution < 1.29 is 4.79 Å². The minimum absolute atomic E-state index is 0.315. The fourth-order valence-electron chi connectivity index (χ4n) is 1.83. The van der Waals surface area contributed by atoms with Gasteiger partial charge in [0.2, 0.25) is 0 Å². The summed E-state index contributed by atoms with van der Waals surface area (Å²) in [6.07, 6.45) is 4.94.